The molecule has 0 bridgehead atoms. The van der Waals surface area contributed by atoms with Gasteiger partial charge in [0.05, 0.1) is 6.26 Å². The zero-order chi connectivity index (χ0) is 15.3. The maximum atomic E-state index is 11.0. The quantitative estimate of drug-likeness (QED) is 0.746. The summed E-state index contributed by atoms with van der Waals surface area (Å²) in [5.41, 5.74) is 1.13. The van der Waals surface area contributed by atoms with Crippen LogP contribution in [0.3, 0.4) is 0 Å². The van der Waals surface area contributed by atoms with E-state index >= 15 is 0 Å². The summed E-state index contributed by atoms with van der Waals surface area (Å²) < 4.78 is 24.4. The van der Waals surface area contributed by atoms with Crippen LogP contribution in [0, 0.1) is 0 Å². The topological polar surface area (TPSA) is 72.9 Å². The summed E-state index contributed by atoms with van der Waals surface area (Å²) in [7, 11) is -3.07. The molecular formula is C14H23N3O3S. The van der Waals surface area contributed by atoms with Crippen molar-refractivity contribution in [2.24, 2.45) is 0 Å². The number of aromatic hydroxyl groups is 1. The highest BCUT2D eigenvalue weighted by atomic mass is 32.2. The molecule has 0 aliphatic carbocycles. The zero-order valence-electron chi connectivity index (χ0n) is 12.3. The van der Waals surface area contributed by atoms with Crippen molar-refractivity contribution in [3.8, 4) is 5.75 Å². The van der Waals surface area contributed by atoms with Crippen LogP contribution in [0.5, 0.6) is 5.75 Å². The van der Waals surface area contributed by atoms with Gasteiger partial charge in [-0.2, -0.15) is 0 Å². The number of sulfonamides is 1. The van der Waals surface area contributed by atoms with Crippen LogP contribution in [-0.4, -0.2) is 63.9 Å². The first-order valence-electron chi connectivity index (χ1n) is 7.15. The van der Waals surface area contributed by atoms with Gasteiger partial charge in [0.1, 0.15) is 5.75 Å². The highest BCUT2D eigenvalue weighted by molar-refractivity contribution is 7.88. The van der Waals surface area contributed by atoms with Crippen molar-refractivity contribution in [3.05, 3.63) is 24.3 Å². The van der Waals surface area contributed by atoms with Crippen LogP contribution in [0.4, 0.5) is 5.69 Å². The zero-order valence-corrected chi connectivity index (χ0v) is 13.1. The van der Waals surface area contributed by atoms with Gasteiger partial charge in [0.2, 0.25) is 10.0 Å². The molecular weight excluding hydrogens is 290 g/mol. The third-order valence-corrected chi connectivity index (χ3v) is 4.33. The molecule has 0 atom stereocenters. The van der Waals surface area contributed by atoms with E-state index in [1.807, 2.05) is 12.1 Å². The van der Waals surface area contributed by atoms with Gasteiger partial charge in [0.25, 0.3) is 0 Å². The first-order valence-corrected chi connectivity index (χ1v) is 9.04. The number of anilines is 1. The fourth-order valence-electron chi connectivity index (χ4n) is 2.45. The van der Waals surface area contributed by atoms with Gasteiger partial charge in [-0.05, 0) is 37.2 Å². The molecule has 1 fully saturated rings. The van der Waals surface area contributed by atoms with E-state index in [0.717, 1.165) is 44.8 Å². The monoisotopic (exact) mass is 313 g/mol. The third-order valence-electron chi connectivity index (χ3n) is 3.60. The first kappa shape index (κ1) is 16.1. The molecule has 118 valence electrons. The lowest BCUT2D eigenvalue weighted by molar-refractivity contribution is 0.255. The lowest BCUT2D eigenvalue weighted by atomic mass is 10.2. The molecule has 1 heterocycles. The van der Waals surface area contributed by atoms with Gasteiger partial charge in [-0.3, -0.25) is 4.90 Å². The van der Waals surface area contributed by atoms with E-state index in [1.165, 1.54) is 6.26 Å². The van der Waals surface area contributed by atoms with E-state index in [-0.39, 0.29) is 5.75 Å². The molecule has 6 nitrogen and oxygen atoms in total. The van der Waals surface area contributed by atoms with E-state index in [9.17, 15) is 13.5 Å². The molecule has 0 spiro atoms. The van der Waals surface area contributed by atoms with Crippen molar-refractivity contribution >= 4 is 15.7 Å². The second kappa shape index (κ2) is 7.11. The average molecular weight is 313 g/mol. The van der Waals surface area contributed by atoms with Crippen LogP contribution >= 0.6 is 0 Å². The molecule has 1 aromatic rings. The van der Waals surface area contributed by atoms with Crippen LogP contribution < -0.4 is 9.62 Å². The number of nitrogens with zero attached hydrogens (tertiary/aromatic N) is 2. The molecule has 0 saturated carbocycles. The fourth-order valence-corrected chi connectivity index (χ4v) is 2.97. The number of hydrogen-bond donors (Lipinski definition) is 2. The van der Waals surface area contributed by atoms with Gasteiger partial charge in [0, 0.05) is 38.4 Å². The summed E-state index contributed by atoms with van der Waals surface area (Å²) >= 11 is 0. The summed E-state index contributed by atoms with van der Waals surface area (Å²) in [4.78, 5) is 4.64. The Morgan fingerprint density at radius 3 is 2.33 bits per heavy atom. The average Bonchev–Trinajstić information content (AvgIpc) is 2.44. The Morgan fingerprint density at radius 2 is 1.76 bits per heavy atom. The van der Waals surface area contributed by atoms with Gasteiger partial charge < -0.3 is 10.0 Å². The minimum atomic E-state index is -3.07. The Morgan fingerprint density at radius 1 is 1.14 bits per heavy atom. The van der Waals surface area contributed by atoms with Crippen molar-refractivity contribution in [3.63, 3.8) is 0 Å². The minimum absolute atomic E-state index is 0.288. The number of phenols is 1. The number of hydrogen-bond acceptors (Lipinski definition) is 5. The summed E-state index contributed by atoms with van der Waals surface area (Å²) in [6.45, 7) is 5.25. The summed E-state index contributed by atoms with van der Waals surface area (Å²) in [5, 5.41) is 9.30. The molecule has 2 rings (SSSR count). The first-order chi connectivity index (χ1) is 9.94. The SMILES string of the molecule is CS(=O)(=O)NCCCN1CCN(c2ccc(O)cc2)CC1. The van der Waals surface area contributed by atoms with E-state index in [4.69, 9.17) is 0 Å². The Labute approximate surface area is 126 Å². The van der Waals surface area contributed by atoms with Gasteiger partial charge >= 0.3 is 0 Å². The highest BCUT2D eigenvalue weighted by Crippen LogP contribution is 2.19. The molecule has 1 aliphatic rings. The van der Waals surface area contributed by atoms with E-state index < -0.39 is 10.0 Å². The number of rotatable bonds is 6. The standard InChI is InChI=1S/C14H23N3O3S/c1-21(19,20)15-7-2-8-16-9-11-17(12-10-16)13-3-5-14(18)6-4-13/h3-6,15,18H,2,7-12H2,1H3. The maximum Gasteiger partial charge on any atom is 0.208 e. The number of phenolic OH excluding ortho intramolecular Hbond substituents is 1. The molecule has 1 aromatic carbocycles. The molecule has 2 N–H and O–H groups in total. The molecule has 21 heavy (non-hydrogen) atoms. The molecule has 0 aromatic heterocycles. The molecule has 0 unspecified atom stereocenters. The van der Waals surface area contributed by atoms with Gasteiger partial charge in [-0.15, -0.1) is 0 Å². The number of nitrogens with one attached hydrogen (secondary N) is 1. The minimum Gasteiger partial charge on any atom is -0.508 e. The predicted octanol–water partition coefficient (Wildman–Crippen LogP) is 0.453. The smallest absolute Gasteiger partial charge is 0.208 e. The molecule has 7 heteroatoms. The summed E-state index contributed by atoms with van der Waals surface area (Å²) in [6, 6.07) is 7.28. The predicted molar refractivity (Wildman–Crippen MR) is 84.2 cm³/mol. The molecule has 0 amide bonds. The largest absolute Gasteiger partial charge is 0.508 e. The molecule has 1 aliphatic heterocycles. The maximum absolute atomic E-state index is 11.0. The Kier molecular flexibility index (Phi) is 5.44. The summed E-state index contributed by atoms with van der Waals surface area (Å²) in [6.07, 6.45) is 2.01. The lowest BCUT2D eigenvalue weighted by Crippen LogP contribution is -2.47. The second-order valence-corrected chi connectivity index (χ2v) is 7.20. The van der Waals surface area contributed by atoms with E-state index in [0.29, 0.717) is 6.54 Å². The van der Waals surface area contributed by atoms with Crippen LogP contribution in [0.15, 0.2) is 24.3 Å². The van der Waals surface area contributed by atoms with Crippen molar-refractivity contribution in [2.75, 3.05) is 50.4 Å². The van der Waals surface area contributed by atoms with Crippen LogP contribution in [0.2, 0.25) is 0 Å². The summed E-state index contributed by atoms with van der Waals surface area (Å²) in [5.74, 6) is 0.288. The van der Waals surface area contributed by atoms with Crippen molar-refractivity contribution < 1.29 is 13.5 Å². The van der Waals surface area contributed by atoms with Crippen molar-refractivity contribution in [1.82, 2.24) is 9.62 Å². The second-order valence-electron chi connectivity index (χ2n) is 5.37. The van der Waals surface area contributed by atoms with E-state index in [1.54, 1.807) is 12.1 Å². The van der Waals surface area contributed by atoms with E-state index in [2.05, 4.69) is 14.5 Å². The number of benzene rings is 1. The Balaban J connectivity index is 1.70. The Bertz CT molecular complexity index is 537. The fraction of sp³-hybridized carbons (Fsp3) is 0.571. The molecule has 1 saturated heterocycles. The van der Waals surface area contributed by atoms with Crippen molar-refractivity contribution in [2.45, 2.75) is 6.42 Å². The number of piperazine rings is 1. The van der Waals surface area contributed by atoms with Crippen LogP contribution in [0.25, 0.3) is 0 Å². The van der Waals surface area contributed by atoms with Gasteiger partial charge in [-0.1, -0.05) is 0 Å². The normalized spacial score (nSPS) is 17.1. The van der Waals surface area contributed by atoms with Crippen LogP contribution in [0.1, 0.15) is 6.42 Å². The molecule has 0 radical (unpaired) electrons. The lowest BCUT2D eigenvalue weighted by Gasteiger charge is -2.36. The van der Waals surface area contributed by atoms with Crippen molar-refractivity contribution in [1.29, 1.82) is 0 Å². The third kappa shape index (κ3) is 5.53. The Hall–Kier alpha value is -1.31. The van der Waals surface area contributed by atoms with Crippen LogP contribution in [-0.2, 0) is 10.0 Å². The highest BCUT2D eigenvalue weighted by Gasteiger charge is 2.16. The van der Waals surface area contributed by atoms with Gasteiger partial charge in [-0.25, -0.2) is 13.1 Å². The van der Waals surface area contributed by atoms with Gasteiger partial charge in [0.15, 0.2) is 0 Å².